The van der Waals surface area contributed by atoms with Gasteiger partial charge in [-0.3, -0.25) is 9.88 Å². The number of pyridine rings is 1. The van der Waals surface area contributed by atoms with Crippen molar-refractivity contribution in [2.24, 2.45) is 0 Å². The molecule has 0 fully saturated rings. The molecule has 6 nitrogen and oxygen atoms in total. The normalized spacial score (nSPS) is 13.9. The predicted molar refractivity (Wildman–Crippen MR) is 103 cm³/mol. The number of aromatic nitrogens is 3. The number of para-hydroxylation sites is 1. The van der Waals surface area contributed by atoms with Crippen molar-refractivity contribution in [2.75, 3.05) is 20.8 Å². The van der Waals surface area contributed by atoms with Gasteiger partial charge in [-0.1, -0.05) is 12.1 Å². The van der Waals surface area contributed by atoms with E-state index >= 15 is 0 Å². The smallest absolute Gasteiger partial charge is 0.165 e. The summed E-state index contributed by atoms with van der Waals surface area (Å²) in [6.07, 6.45) is 6.39. The first-order valence-electron chi connectivity index (χ1n) is 8.96. The summed E-state index contributed by atoms with van der Waals surface area (Å²) in [5, 5.41) is 0. The third kappa shape index (κ3) is 3.61. The number of benzene rings is 1. The number of hydrogen-bond donors (Lipinski definition) is 0. The molecule has 4 rings (SSSR count). The Bertz CT molecular complexity index is 931. The van der Waals surface area contributed by atoms with E-state index in [1.54, 1.807) is 26.6 Å². The molecule has 0 radical (unpaired) electrons. The van der Waals surface area contributed by atoms with Crippen molar-refractivity contribution in [3.05, 3.63) is 65.7 Å². The Morgan fingerprint density at radius 2 is 1.93 bits per heavy atom. The Kier molecular flexibility index (Phi) is 4.98. The summed E-state index contributed by atoms with van der Waals surface area (Å²) in [6.45, 7) is 2.57. The van der Waals surface area contributed by atoms with Crippen molar-refractivity contribution < 1.29 is 9.47 Å². The van der Waals surface area contributed by atoms with Gasteiger partial charge < -0.3 is 9.47 Å². The molecule has 0 bridgehead atoms. The standard InChI is InChI=1S/C21H22N4O2/c1-26-19-5-3-4-16(20(19)27-2)13-25-11-8-18-17(14-25)12-23-21(24-18)15-6-9-22-10-7-15/h3-7,9-10,12H,8,11,13-14H2,1-2H3. The molecule has 0 aliphatic carbocycles. The summed E-state index contributed by atoms with van der Waals surface area (Å²) in [6, 6.07) is 9.87. The fraction of sp³-hybridized carbons (Fsp3) is 0.286. The maximum Gasteiger partial charge on any atom is 0.165 e. The molecule has 138 valence electrons. The van der Waals surface area contributed by atoms with E-state index in [9.17, 15) is 0 Å². The van der Waals surface area contributed by atoms with Crippen LogP contribution in [0.1, 0.15) is 16.8 Å². The second kappa shape index (κ2) is 7.72. The zero-order valence-corrected chi connectivity index (χ0v) is 15.6. The lowest BCUT2D eigenvalue weighted by Crippen LogP contribution is -2.31. The molecule has 0 unspecified atom stereocenters. The highest BCUT2D eigenvalue weighted by Gasteiger charge is 2.21. The van der Waals surface area contributed by atoms with Gasteiger partial charge in [0.15, 0.2) is 17.3 Å². The van der Waals surface area contributed by atoms with E-state index in [-0.39, 0.29) is 0 Å². The number of methoxy groups -OCH3 is 2. The van der Waals surface area contributed by atoms with E-state index in [4.69, 9.17) is 14.5 Å². The van der Waals surface area contributed by atoms with Crippen LogP contribution in [0.15, 0.2) is 48.9 Å². The summed E-state index contributed by atoms with van der Waals surface area (Å²) < 4.78 is 11.0. The summed E-state index contributed by atoms with van der Waals surface area (Å²) >= 11 is 0. The molecule has 0 saturated heterocycles. The van der Waals surface area contributed by atoms with Gasteiger partial charge in [0, 0.05) is 61.3 Å². The van der Waals surface area contributed by atoms with Crippen LogP contribution in [0.5, 0.6) is 11.5 Å². The van der Waals surface area contributed by atoms with Gasteiger partial charge >= 0.3 is 0 Å². The van der Waals surface area contributed by atoms with Crippen molar-refractivity contribution in [3.8, 4) is 22.9 Å². The van der Waals surface area contributed by atoms with Crippen molar-refractivity contribution in [1.82, 2.24) is 19.9 Å². The number of rotatable bonds is 5. The first-order chi connectivity index (χ1) is 13.3. The van der Waals surface area contributed by atoms with Gasteiger partial charge in [0.2, 0.25) is 0 Å². The fourth-order valence-electron chi connectivity index (χ4n) is 3.47. The predicted octanol–water partition coefficient (Wildman–Crippen LogP) is 3.11. The lowest BCUT2D eigenvalue weighted by molar-refractivity contribution is 0.238. The van der Waals surface area contributed by atoms with Crippen molar-refractivity contribution in [3.63, 3.8) is 0 Å². The van der Waals surface area contributed by atoms with Gasteiger partial charge in [0.05, 0.1) is 19.9 Å². The molecule has 0 N–H and O–H groups in total. The minimum absolute atomic E-state index is 0.762. The zero-order valence-electron chi connectivity index (χ0n) is 15.6. The monoisotopic (exact) mass is 362 g/mol. The van der Waals surface area contributed by atoms with E-state index in [2.05, 4.69) is 20.9 Å². The molecule has 27 heavy (non-hydrogen) atoms. The molecule has 0 atom stereocenters. The first kappa shape index (κ1) is 17.4. The topological polar surface area (TPSA) is 60.4 Å². The van der Waals surface area contributed by atoms with Crippen LogP contribution in [0.3, 0.4) is 0 Å². The van der Waals surface area contributed by atoms with Gasteiger partial charge in [0.25, 0.3) is 0 Å². The van der Waals surface area contributed by atoms with E-state index in [0.29, 0.717) is 0 Å². The van der Waals surface area contributed by atoms with Crippen molar-refractivity contribution in [2.45, 2.75) is 19.5 Å². The minimum Gasteiger partial charge on any atom is -0.493 e. The van der Waals surface area contributed by atoms with E-state index in [1.165, 1.54) is 5.56 Å². The molecule has 1 aliphatic rings. The van der Waals surface area contributed by atoms with E-state index in [1.807, 2.05) is 30.5 Å². The van der Waals surface area contributed by atoms with E-state index in [0.717, 1.165) is 60.2 Å². The number of nitrogens with zero attached hydrogens (tertiary/aromatic N) is 4. The molecular weight excluding hydrogens is 340 g/mol. The minimum atomic E-state index is 0.762. The van der Waals surface area contributed by atoms with E-state index < -0.39 is 0 Å². The fourth-order valence-corrected chi connectivity index (χ4v) is 3.47. The second-order valence-electron chi connectivity index (χ2n) is 6.51. The molecule has 0 saturated carbocycles. The van der Waals surface area contributed by atoms with Gasteiger partial charge in [-0.2, -0.15) is 0 Å². The molecule has 1 aromatic carbocycles. The van der Waals surface area contributed by atoms with Crippen molar-refractivity contribution >= 4 is 0 Å². The van der Waals surface area contributed by atoms with Gasteiger partial charge in [-0.25, -0.2) is 9.97 Å². The van der Waals surface area contributed by atoms with Gasteiger partial charge in [-0.05, 0) is 18.2 Å². The summed E-state index contributed by atoms with van der Waals surface area (Å²) in [7, 11) is 3.35. The summed E-state index contributed by atoms with van der Waals surface area (Å²) in [4.78, 5) is 15.8. The van der Waals surface area contributed by atoms with Crippen LogP contribution in [0, 0.1) is 0 Å². The average molecular weight is 362 g/mol. The van der Waals surface area contributed by atoms with Crippen LogP contribution in [0.2, 0.25) is 0 Å². The molecule has 1 aliphatic heterocycles. The molecule has 3 heterocycles. The third-order valence-corrected chi connectivity index (χ3v) is 4.83. The highest BCUT2D eigenvalue weighted by Crippen LogP contribution is 2.32. The maximum absolute atomic E-state index is 5.56. The Balaban J connectivity index is 1.53. The summed E-state index contributed by atoms with van der Waals surface area (Å²) in [5.41, 5.74) is 4.43. The van der Waals surface area contributed by atoms with Gasteiger partial charge in [-0.15, -0.1) is 0 Å². The van der Waals surface area contributed by atoms with Gasteiger partial charge in [0.1, 0.15) is 0 Å². The van der Waals surface area contributed by atoms with Crippen LogP contribution in [0.25, 0.3) is 11.4 Å². The quantitative estimate of drug-likeness (QED) is 0.695. The molecule has 3 aromatic rings. The second-order valence-corrected chi connectivity index (χ2v) is 6.51. The van der Waals surface area contributed by atoms with Crippen LogP contribution < -0.4 is 9.47 Å². The number of ether oxygens (including phenoxy) is 2. The highest BCUT2D eigenvalue weighted by atomic mass is 16.5. The van der Waals surface area contributed by atoms with Crippen LogP contribution in [-0.4, -0.2) is 40.6 Å². The number of fused-ring (bicyclic) bond motifs is 1. The van der Waals surface area contributed by atoms with Crippen LogP contribution >= 0.6 is 0 Å². The first-order valence-corrected chi connectivity index (χ1v) is 8.96. The molecule has 2 aromatic heterocycles. The molecule has 6 heteroatoms. The maximum atomic E-state index is 5.56. The highest BCUT2D eigenvalue weighted by molar-refractivity contribution is 5.54. The van der Waals surface area contributed by atoms with Crippen molar-refractivity contribution in [1.29, 1.82) is 0 Å². The lowest BCUT2D eigenvalue weighted by atomic mass is 10.1. The molecule has 0 spiro atoms. The number of hydrogen-bond acceptors (Lipinski definition) is 6. The Hall–Kier alpha value is -2.99. The average Bonchev–Trinajstić information content (AvgIpc) is 2.73. The summed E-state index contributed by atoms with van der Waals surface area (Å²) in [5.74, 6) is 2.33. The molecule has 0 amide bonds. The Labute approximate surface area is 158 Å². The Morgan fingerprint density at radius 3 is 2.70 bits per heavy atom. The van der Waals surface area contributed by atoms with Crippen LogP contribution in [0.4, 0.5) is 0 Å². The van der Waals surface area contributed by atoms with Crippen LogP contribution in [-0.2, 0) is 19.5 Å². The Morgan fingerprint density at radius 1 is 1.07 bits per heavy atom. The zero-order chi connectivity index (χ0) is 18.6. The third-order valence-electron chi connectivity index (χ3n) is 4.83. The lowest BCUT2D eigenvalue weighted by Gasteiger charge is -2.28. The molecular formula is C21H22N4O2. The largest absolute Gasteiger partial charge is 0.493 e. The SMILES string of the molecule is COc1cccc(CN2CCc3nc(-c4ccncc4)ncc3C2)c1OC.